The average Bonchev–Trinajstić information content (AvgIpc) is 3.76. The fraction of sp³-hybridized carbons (Fsp3) is 0.0645. The van der Waals surface area contributed by atoms with Crippen LogP contribution in [-0.4, -0.2) is 41.4 Å². The lowest BCUT2D eigenvalue weighted by Gasteiger charge is -2.14. The first-order chi connectivity index (χ1) is 21.3. The summed E-state index contributed by atoms with van der Waals surface area (Å²) in [6.45, 7) is 1.42. The van der Waals surface area contributed by atoms with Crippen LogP contribution >= 0.6 is 0 Å². The van der Waals surface area contributed by atoms with Crippen LogP contribution in [0.15, 0.2) is 117 Å². The summed E-state index contributed by atoms with van der Waals surface area (Å²) >= 11 is 0. The number of esters is 1. The maximum Gasteiger partial charge on any atom is 0.338 e. The zero-order chi connectivity index (χ0) is 30.7. The molecule has 6 rings (SSSR count). The maximum absolute atomic E-state index is 13.0. The molecular weight excluding hydrogens is 586 g/mol. The van der Waals surface area contributed by atoms with Crippen molar-refractivity contribution in [1.29, 1.82) is 0 Å². The smallest absolute Gasteiger partial charge is 0.338 e. The molecular formula is C31H23N5O7S. The van der Waals surface area contributed by atoms with Crippen LogP contribution in [0.1, 0.15) is 17.3 Å². The van der Waals surface area contributed by atoms with Crippen molar-refractivity contribution in [3.8, 4) is 22.9 Å². The topological polar surface area (TPSA) is 167 Å². The number of pyridine rings is 1. The molecule has 4 aromatic heterocycles. The van der Waals surface area contributed by atoms with E-state index in [4.69, 9.17) is 13.6 Å². The summed E-state index contributed by atoms with van der Waals surface area (Å²) in [6, 6.07) is 22.0. The summed E-state index contributed by atoms with van der Waals surface area (Å²) in [7, 11) is -3.88. The van der Waals surface area contributed by atoms with Crippen LogP contribution in [0.3, 0.4) is 0 Å². The molecule has 0 bridgehead atoms. The molecule has 6 aromatic rings. The number of ether oxygens (including phenoxy) is 1. The lowest BCUT2D eigenvalue weighted by molar-refractivity contribution is -0.123. The Hall–Kier alpha value is -5.82. The van der Waals surface area contributed by atoms with E-state index in [-0.39, 0.29) is 16.3 Å². The average molecular weight is 610 g/mol. The van der Waals surface area contributed by atoms with Gasteiger partial charge in [-0.05, 0) is 85.8 Å². The number of carbonyl (C=O) groups excluding carboxylic acids is 2. The van der Waals surface area contributed by atoms with Crippen LogP contribution in [0.4, 0.5) is 11.5 Å². The molecule has 0 aliphatic rings. The van der Waals surface area contributed by atoms with Crippen LogP contribution in [-0.2, 0) is 19.6 Å². The number of amides is 1. The zero-order valence-corrected chi connectivity index (χ0v) is 23.8. The summed E-state index contributed by atoms with van der Waals surface area (Å²) < 4.78 is 44.1. The molecule has 0 radical (unpaired) electrons. The van der Waals surface area contributed by atoms with Crippen molar-refractivity contribution in [2.75, 3.05) is 10.0 Å². The Morgan fingerprint density at radius 2 is 1.50 bits per heavy atom. The number of nitrogens with zero attached hydrogens (tertiary/aromatic N) is 3. The quantitative estimate of drug-likeness (QED) is 0.199. The molecule has 44 heavy (non-hydrogen) atoms. The highest BCUT2D eigenvalue weighted by atomic mass is 32.2. The second-order valence-corrected chi connectivity index (χ2v) is 11.1. The van der Waals surface area contributed by atoms with E-state index in [2.05, 4.69) is 25.0 Å². The maximum atomic E-state index is 13.0. The Balaban J connectivity index is 1.14. The first kappa shape index (κ1) is 28.3. The van der Waals surface area contributed by atoms with Gasteiger partial charge in [-0.15, -0.1) is 0 Å². The Morgan fingerprint density at radius 3 is 2.11 bits per heavy atom. The summed E-state index contributed by atoms with van der Waals surface area (Å²) in [5.41, 5.74) is 2.31. The van der Waals surface area contributed by atoms with E-state index >= 15 is 0 Å². The largest absolute Gasteiger partial charge is 0.463 e. The first-order valence-corrected chi connectivity index (χ1v) is 14.7. The molecule has 0 spiro atoms. The summed E-state index contributed by atoms with van der Waals surface area (Å²) in [6.07, 6.45) is 3.35. The Morgan fingerprint density at radius 1 is 0.818 bits per heavy atom. The van der Waals surface area contributed by atoms with Gasteiger partial charge in [0.05, 0.1) is 34.0 Å². The number of rotatable bonds is 9. The molecule has 220 valence electrons. The molecule has 0 aliphatic carbocycles. The van der Waals surface area contributed by atoms with Crippen molar-refractivity contribution in [1.82, 2.24) is 15.0 Å². The number of benzene rings is 2. The standard InChI is InChI=1S/C31H23N5O7S/c1-19(30(37)33-21-10-12-22(13-11-21)44(39,40)36-27-8-2-3-15-32-27)43-31(38)20-9-14-23-24(18-20)35-29(26-7-5-17-42-26)28(34-23)25-6-4-16-41-25/h2-19H,1H3,(H,32,36)(H,33,37). The van der Waals surface area contributed by atoms with E-state index < -0.39 is 28.0 Å². The normalized spacial score (nSPS) is 12.0. The number of aromatic nitrogens is 3. The lowest BCUT2D eigenvalue weighted by atomic mass is 10.1. The number of carbonyl (C=O) groups is 2. The second-order valence-electron chi connectivity index (χ2n) is 9.46. The Bertz CT molecular complexity index is 2050. The van der Waals surface area contributed by atoms with Crippen molar-refractivity contribution in [3.05, 3.63) is 109 Å². The number of fused-ring (bicyclic) bond motifs is 1. The van der Waals surface area contributed by atoms with Gasteiger partial charge in [0.2, 0.25) is 0 Å². The van der Waals surface area contributed by atoms with E-state index in [0.29, 0.717) is 39.6 Å². The predicted molar refractivity (Wildman–Crippen MR) is 160 cm³/mol. The summed E-state index contributed by atoms with van der Waals surface area (Å²) in [4.78, 5) is 39.0. The van der Waals surface area contributed by atoms with E-state index in [1.807, 2.05) is 0 Å². The van der Waals surface area contributed by atoms with Crippen molar-refractivity contribution in [3.63, 3.8) is 0 Å². The summed E-state index contributed by atoms with van der Waals surface area (Å²) in [5, 5.41) is 2.61. The van der Waals surface area contributed by atoms with E-state index in [0.717, 1.165) is 0 Å². The highest BCUT2D eigenvalue weighted by Gasteiger charge is 2.22. The number of sulfonamides is 1. The molecule has 2 aromatic carbocycles. The molecule has 0 aliphatic heterocycles. The third-order valence-corrected chi connectivity index (χ3v) is 7.77. The van der Waals surface area contributed by atoms with Gasteiger partial charge in [-0.2, -0.15) is 0 Å². The van der Waals surface area contributed by atoms with E-state index in [1.165, 1.54) is 68.1 Å². The van der Waals surface area contributed by atoms with Crippen LogP contribution in [0.2, 0.25) is 0 Å². The number of anilines is 2. The fourth-order valence-corrected chi connectivity index (χ4v) is 5.22. The SMILES string of the molecule is CC(OC(=O)c1ccc2nc(-c3ccco3)c(-c3ccco3)nc2c1)C(=O)Nc1ccc(S(=O)(=O)Nc2ccccn2)cc1. The van der Waals surface area contributed by atoms with Gasteiger partial charge >= 0.3 is 5.97 Å². The van der Waals surface area contributed by atoms with Gasteiger partial charge in [-0.25, -0.2) is 28.2 Å². The molecule has 1 unspecified atom stereocenters. The van der Waals surface area contributed by atoms with Crippen molar-refractivity contribution >= 4 is 44.4 Å². The number of hydrogen-bond donors (Lipinski definition) is 2. The van der Waals surface area contributed by atoms with E-state index in [1.54, 1.807) is 42.5 Å². The van der Waals surface area contributed by atoms with Crippen LogP contribution in [0, 0.1) is 0 Å². The molecule has 1 atom stereocenters. The second kappa shape index (κ2) is 11.8. The van der Waals surface area contributed by atoms with Gasteiger partial charge in [0.25, 0.3) is 15.9 Å². The van der Waals surface area contributed by atoms with Crippen molar-refractivity contribution in [2.24, 2.45) is 0 Å². The highest BCUT2D eigenvalue weighted by molar-refractivity contribution is 7.92. The molecule has 0 fully saturated rings. The van der Waals surface area contributed by atoms with Crippen molar-refractivity contribution in [2.45, 2.75) is 17.9 Å². The minimum Gasteiger partial charge on any atom is -0.463 e. The third kappa shape index (κ3) is 6.03. The number of nitrogens with one attached hydrogen (secondary N) is 2. The zero-order valence-electron chi connectivity index (χ0n) is 23.0. The molecule has 0 saturated heterocycles. The number of furan rings is 2. The van der Waals surface area contributed by atoms with Crippen molar-refractivity contribution < 1.29 is 31.6 Å². The van der Waals surface area contributed by atoms with Gasteiger partial charge in [0, 0.05) is 11.9 Å². The molecule has 12 nitrogen and oxygen atoms in total. The first-order valence-electron chi connectivity index (χ1n) is 13.2. The van der Waals surface area contributed by atoms with Gasteiger partial charge in [-0.1, -0.05) is 6.07 Å². The molecule has 2 N–H and O–H groups in total. The van der Waals surface area contributed by atoms with Crippen LogP contribution < -0.4 is 10.0 Å². The molecule has 13 heteroatoms. The van der Waals surface area contributed by atoms with E-state index in [9.17, 15) is 18.0 Å². The molecule has 0 saturated carbocycles. The van der Waals surface area contributed by atoms with Crippen LogP contribution in [0.5, 0.6) is 0 Å². The minimum atomic E-state index is -3.88. The monoisotopic (exact) mass is 609 g/mol. The van der Waals surface area contributed by atoms with Gasteiger partial charge < -0.3 is 18.9 Å². The Labute approximate surface area is 250 Å². The lowest BCUT2D eigenvalue weighted by Crippen LogP contribution is -2.30. The minimum absolute atomic E-state index is 0.0217. The molecule has 4 heterocycles. The summed E-state index contributed by atoms with van der Waals surface area (Å²) in [5.74, 6) is -0.196. The predicted octanol–water partition coefficient (Wildman–Crippen LogP) is 5.53. The Kier molecular flexibility index (Phi) is 7.60. The van der Waals surface area contributed by atoms with Gasteiger partial charge in [0.1, 0.15) is 17.2 Å². The fourth-order valence-electron chi connectivity index (χ4n) is 4.21. The van der Waals surface area contributed by atoms with Crippen LogP contribution in [0.25, 0.3) is 33.9 Å². The van der Waals surface area contributed by atoms with Gasteiger partial charge in [-0.3, -0.25) is 9.52 Å². The number of hydrogen-bond acceptors (Lipinski definition) is 10. The van der Waals surface area contributed by atoms with Gasteiger partial charge in [0.15, 0.2) is 17.6 Å². The highest BCUT2D eigenvalue weighted by Crippen LogP contribution is 2.32. The third-order valence-electron chi connectivity index (χ3n) is 6.40. The molecule has 1 amide bonds.